The van der Waals surface area contributed by atoms with Crippen LogP contribution in [0.1, 0.15) is 31.0 Å². The van der Waals surface area contributed by atoms with Gasteiger partial charge in [-0.2, -0.15) is 0 Å². The van der Waals surface area contributed by atoms with Gasteiger partial charge < -0.3 is 10.7 Å². The molecule has 1 aliphatic carbocycles. The Morgan fingerprint density at radius 1 is 1.54 bits per heavy atom. The predicted octanol–water partition coefficient (Wildman–Crippen LogP) is 3.34. The molecule has 2 rings (SSSR count). The maximum atomic E-state index is 6.05. The minimum absolute atomic E-state index is 0.162. The molecule has 1 aromatic heterocycles. The SMILES string of the molecule is N[C@H](CC1CC1)c1cc(Br)c(Br)[nH]1. The van der Waals surface area contributed by atoms with Crippen LogP contribution in [0.5, 0.6) is 0 Å². The minimum atomic E-state index is 0.162. The third-order valence-electron chi connectivity index (χ3n) is 2.43. The van der Waals surface area contributed by atoms with Crippen molar-refractivity contribution in [2.45, 2.75) is 25.3 Å². The van der Waals surface area contributed by atoms with Gasteiger partial charge in [0, 0.05) is 16.2 Å². The lowest BCUT2D eigenvalue weighted by Gasteiger charge is -2.07. The van der Waals surface area contributed by atoms with Gasteiger partial charge >= 0.3 is 0 Å². The van der Waals surface area contributed by atoms with Crippen LogP contribution in [0.25, 0.3) is 0 Å². The first-order chi connectivity index (χ1) is 6.16. The number of aromatic nitrogens is 1. The van der Waals surface area contributed by atoms with Crippen molar-refractivity contribution in [3.8, 4) is 0 Å². The highest BCUT2D eigenvalue weighted by molar-refractivity contribution is 9.13. The molecule has 2 nitrogen and oxygen atoms in total. The molecule has 4 heteroatoms. The first kappa shape index (κ1) is 9.74. The van der Waals surface area contributed by atoms with Crippen molar-refractivity contribution in [1.29, 1.82) is 0 Å². The third-order valence-corrected chi connectivity index (χ3v) is 4.21. The van der Waals surface area contributed by atoms with E-state index in [1.165, 1.54) is 12.8 Å². The van der Waals surface area contributed by atoms with Gasteiger partial charge in [0.05, 0.1) is 4.60 Å². The van der Waals surface area contributed by atoms with Crippen LogP contribution in [0.3, 0.4) is 0 Å². The predicted molar refractivity (Wildman–Crippen MR) is 60.5 cm³/mol. The molecule has 0 amide bonds. The zero-order valence-electron chi connectivity index (χ0n) is 7.19. The van der Waals surface area contributed by atoms with Crippen molar-refractivity contribution >= 4 is 31.9 Å². The molecule has 1 saturated carbocycles. The number of hydrogen-bond acceptors (Lipinski definition) is 1. The lowest BCUT2D eigenvalue weighted by molar-refractivity contribution is 0.585. The molecule has 0 radical (unpaired) electrons. The monoisotopic (exact) mass is 306 g/mol. The van der Waals surface area contributed by atoms with Gasteiger partial charge in [-0.05, 0) is 50.3 Å². The van der Waals surface area contributed by atoms with Crippen molar-refractivity contribution in [2.24, 2.45) is 11.7 Å². The summed E-state index contributed by atoms with van der Waals surface area (Å²) in [5.41, 5.74) is 7.16. The topological polar surface area (TPSA) is 41.8 Å². The van der Waals surface area contributed by atoms with Crippen LogP contribution < -0.4 is 5.73 Å². The van der Waals surface area contributed by atoms with E-state index in [2.05, 4.69) is 42.9 Å². The summed E-state index contributed by atoms with van der Waals surface area (Å²) in [6.45, 7) is 0. The van der Waals surface area contributed by atoms with Crippen molar-refractivity contribution < 1.29 is 0 Å². The molecule has 1 atom stereocenters. The van der Waals surface area contributed by atoms with Gasteiger partial charge in [0.25, 0.3) is 0 Å². The largest absolute Gasteiger partial charge is 0.351 e. The zero-order chi connectivity index (χ0) is 9.42. The highest BCUT2D eigenvalue weighted by Crippen LogP contribution is 2.37. The van der Waals surface area contributed by atoms with Crippen molar-refractivity contribution in [3.05, 3.63) is 20.8 Å². The second-order valence-corrected chi connectivity index (χ2v) is 5.32. The summed E-state index contributed by atoms with van der Waals surface area (Å²) in [5, 5.41) is 0. The van der Waals surface area contributed by atoms with E-state index in [0.717, 1.165) is 27.1 Å². The number of nitrogens with one attached hydrogen (secondary N) is 1. The van der Waals surface area contributed by atoms with Crippen LogP contribution in [-0.2, 0) is 0 Å². The average molecular weight is 308 g/mol. The smallest absolute Gasteiger partial charge is 0.0966 e. The molecule has 0 spiro atoms. The quantitative estimate of drug-likeness (QED) is 0.883. The number of nitrogens with two attached hydrogens (primary N) is 1. The van der Waals surface area contributed by atoms with Crippen LogP contribution in [0.4, 0.5) is 0 Å². The van der Waals surface area contributed by atoms with Gasteiger partial charge in [-0.3, -0.25) is 0 Å². The van der Waals surface area contributed by atoms with Gasteiger partial charge in [-0.1, -0.05) is 12.8 Å². The Morgan fingerprint density at radius 2 is 2.23 bits per heavy atom. The minimum Gasteiger partial charge on any atom is -0.351 e. The Kier molecular flexibility index (Phi) is 2.81. The maximum absolute atomic E-state index is 6.05. The van der Waals surface area contributed by atoms with Crippen LogP contribution >= 0.6 is 31.9 Å². The van der Waals surface area contributed by atoms with Crippen molar-refractivity contribution in [3.63, 3.8) is 0 Å². The van der Waals surface area contributed by atoms with Gasteiger partial charge in [0.1, 0.15) is 0 Å². The molecule has 0 unspecified atom stereocenters. The van der Waals surface area contributed by atoms with E-state index in [0.29, 0.717) is 0 Å². The molecular formula is C9H12Br2N2. The highest BCUT2D eigenvalue weighted by Gasteiger charge is 2.25. The average Bonchev–Trinajstić information content (AvgIpc) is 2.81. The molecule has 0 saturated heterocycles. The molecule has 13 heavy (non-hydrogen) atoms. The van der Waals surface area contributed by atoms with Gasteiger partial charge in [-0.15, -0.1) is 0 Å². The standard InChI is InChI=1S/C9H12Br2N2/c10-6-4-8(13-9(6)11)7(12)3-5-1-2-5/h4-5,7,13H,1-3,12H2/t7-/m1/s1. The zero-order valence-corrected chi connectivity index (χ0v) is 10.4. The van der Waals surface area contributed by atoms with Gasteiger partial charge in [-0.25, -0.2) is 0 Å². The van der Waals surface area contributed by atoms with Gasteiger partial charge in [0.2, 0.25) is 0 Å². The Morgan fingerprint density at radius 3 is 2.69 bits per heavy atom. The first-order valence-corrected chi connectivity index (χ1v) is 6.05. The Labute approximate surface area is 94.5 Å². The highest BCUT2D eigenvalue weighted by atomic mass is 79.9. The summed E-state index contributed by atoms with van der Waals surface area (Å²) in [4.78, 5) is 3.22. The molecule has 3 N–H and O–H groups in total. The fourth-order valence-electron chi connectivity index (χ4n) is 1.46. The Bertz CT molecular complexity index is 285. The summed E-state index contributed by atoms with van der Waals surface area (Å²) in [6.07, 6.45) is 3.83. The van der Waals surface area contributed by atoms with Crippen LogP contribution in [0, 0.1) is 5.92 Å². The third kappa shape index (κ3) is 2.36. The Balaban J connectivity index is 2.05. The molecule has 1 aromatic rings. The molecule has 1 fully saturated rings. The first-order valence-electron chi connectivity index (χ1n) is 4.46. The van der Waals surface area contributed by atoms with E-state index in [-0.39, 0.29) is 6.04 Å². The second-order valence-electron chi connectivity index (χ2n) is 3.67. The summed E-state index contributed by atoms with van der Waals surface area (Å²) in [6, 6.07) is 2.21. The van der Waals surface area contributed by atoms with Crippen molar-refractivity contribution in [2.75, 3.05) is 0 Å². The molecule has 1 aliphatic rings. The summed E-state index contributed by atoms with van der Waals surface area (Å²) in [5.74, 6) is 0.871. The van der Waals surface area contributed by atoms with E-state index < -0.39 is 0 Å². The van der Waals surface area contributed by atoms with E-state index in [9.17, 15) is 0 Å². The molecule has 72 valence electrons. The second kappa shape index (κ2) is 3.75. The molecule has 0 aliphatic heterocycles. The fourth-order valence-corrected chi connectivity index (χ4v) is 2.15. The van der Waals surface area contributed by atoms with Crippen molar-refractivity contribution in [1.82, 2.24) is 4.98 Å². The lowest BCUT2D eigenvalue weighted by Crippen LogP contribution is -2.11. The molecular weight excluding hydrogens is 296 g/mol. The normalized spacial score (nSPS) is 19.0. The van der Waals surface area contributed by atoms with Crippen LogP contribution in [0.2, 0.25) is 0 Å². The van der Waals surface area contributed by atoms with E-state index >= 15 is 0 Å². The van der Waals surface area contributed by atoms with E-state index in [1.807, 2.05) is 0 Å². The lowest BCUT2D eigenvalue weighted by atomic mass is 10.1. The number of rotatable bonds is 3. The molecule has 0 bridgehead atoms. The van der Waals surface area contributed by atoms with Gasteiger partial charge in [0.15, 0.2) is 0 Å². The number of halogens is 2. The fraction of sp³-hybridized carbons (Fsp3) is 0.556. The maximum Gasteiger partial charge on any atom is 0.0966 e. The summed E-state index contributed by atoms with van der Waals surface area (Å²) >= 11 is 6.84. The Hall–Kier alpha value is 0.200. The molecule has 1 heterocycles. The number of hydrogen-bond donors (Lipinski definition) is 2. The molecule has 0 aromatic carbocycles. The number of H-pyrrole nitrogens is 1. The summed E-state index contributed by atoms with van der Waals surface area (Å²) in [7, 11) is 0. The van der Waals surface area contributed by atoms with E-state index in [1.54, 1.807) is 0 Å². The van der Waals surface area contributed by atoms with E-state index in [4.69, 9.17) is 5.73 Å². The van der Waals surface area contributed by atoms with Crippen LogP contribution in [0.15, 0.2) is 15.1 Å². The summed E-state index contributed by atoms with van der Waals surface area (Å²) < 4.78 is 2.03. The number of aromatic amines is 1. The van der Waals surface area contributed by atoms with Crippen LogP contribution in [-0.4, -0.2) is 4.98 Å².